The van der Waals surface area contributed by atoms with E-state index in [1.165, 1.54) is 32.1 Å². The van der Waals surface area contributed by atoms with Crippen molar-refractivity contribution in [3.63, 3.8) is 0 Å². The van der Waals surface area contributed by atoms with Gasteiger partial charge in [-0.1, -0.05) is 19.6 Å². The van der Waals surface area contributed by atoms with Crippen molar-refractivity contribution in [1.29, 1.82) is 0 Å². The van der Waals surface area contributed by atoms with Gasteiger partial charge in [0.15, 0.2) is 5.78 Å². The van der Waals surface area contributed by atoms with Gasteiger partial charge in [-0.3, -0.25) is 9.59 Å². The molecule has 6 atom stereocenters. The molecule has 6 aliphatic rings. The first-order valence-electron chi connectivity index (χ1n) is 10.6. The van der Waals surface area contributed by atoms with Crippen molar-refractivity contribution < 1.29 is 43.2 Å². The van der Waals surface area contributed by atoms with Crippen molar-refractivity contribution in [2.45, 2.75) is 39.5 Å². The van der Waals surface area contributed by atoms with Crippen LogP contribution in [-0.4, -0.2) is 55.2 Å². The fourth-order valence-corrected chi connectivity index (χ4v) is 5.43. The number of allylic oxidation sites excluding steroid dienone is 3. The zero-order valence-electron chi connectivity index (χ0n) is 17.7. The molecule has 0 aromatic carbocycles. The van der Waals surface area contributed by atoms with Crippen molar-refractivity contribution in [2.75, 3.05) is 20.3 Å². The SMILES string of the molecule is C.CC(=O)C1=CO[C@]2(O)OCC3=CC[C@H]1[C@@H]32.COC(=O)C(=O)C1=CO[C@H]2OCC3=CC[C@H]1[C@@H]32. The van der Waals surface area contributed by atoms with E-state index in [0.717, 1.165) is 18.4 Å². The van der Waals surface area contributed by atoms with Crippen LogP contribution in [-0.2, 0) is 38.1 Å². The highest BCUT2D eigenvalue weighted by molar-refractivity contribution is 6.40. The van der Waals surface area contributed by atoms with Gasteiger partial charge < -0.3 is 28.8 Å². The molecule has 9 heteroatoms. The number of carbonyl (C=O) groups is 3. The number of hydrogen-bond donors (Lipinski definition) is 1. The van der Waals surface area contributed by atoms with Crippen LogP contribution in [0.3, 0.4) is 0 Å². The largest absolute Gasteiger partial charge is 0.471 e. The molecule has 2 saturated heterocycles. The number of methoxy groups -OCH3 is 1. The molecule has 4 heterocycles. The van der Waals surface area contributed by atoms with E-state index in [-0.39, 0.29) is 43.2 Å². The predicted molar refractivity (Wildman–Crippen MR) is 113 cm³/mol. The summed E-state index contributed by atoms with van der Waals surface area (Å²) in [6.07, 6.45) is 8.07. The summed E-state index contributed by atoms with van der Waals surface area (Å²) in [6, 6.07) is 0. The first-order chi connectivity index (χ1) is 15.3. The van der Waals surface area contributed by atoms with Gasteiger partial charge in [0.2, 0.25) is 6.29 Å². The summed E-state index contributed by atoms with van der Waals surface area (Å²) < 4.78 is 25.6. The molecule has 0 aromatic heterocycles. The molecule has 0 aromatic rings. The minimum Gasteiger partial charge on any atom is -0.471 e. The van der Waals surface area contributed by atoms with Crippen molar-refractivity contribution >= 4 is 17.5 Å². The maximum Gasteiger partial charge on any atom is 0.379 e. The van der Waals surface area contributed by atoms with E-state index >= 15 is 0 Å². The molecule has 0 bridgehead atoms. The zero-order chi connectivity index (χ0) is 22.6. The number of aliphatic hydroxyl groups is 1. The minimum absolute atomic E-state index is 0. The Kier molecular flexibility index (Phi) is 6.07. The third-order valence-electron chi connectivity index (χ3n) is 7.00. The van der Waals surface area contributed by atoms with Gasteiger partial charge in [-0.05, 0) is 30.9 Å². The molecule has 33 heavy (non-hydrogen) atoms. The molecule has 0 unspecified atom stereocenters. The molecule has 2 aliphatic carbocycles. The van der Waals surface area contributed by atoms with Gasteiger partial charge in [-0.2, -0.15) is 0 Å². The average molecular weight is 460 g/mol. The van der Waals surface area contributed by atoms with E-state index in [4.69, 9.17) is 18.9 Å². The van der Waals surface area contributed by atoms with Crippen molar-refractivity contribution in [2.24, 2.45) is 23.7 Å². The van der Waals surface area contributed by atoms with E-state index in [0.29, 0.717) is 24.4 Å². The molecular weight excluding hydrogens is 432 g/mol. The Labute approximate surface area is 191 Å². The summed E-state index contributed by atoms with van der Waals surface area (Å²) in [5.74, 6) is -3.07. The smallest absolute Gasteiger partial charge is 0.379 e. The van der Waals surface area contributed by atoms with Gasteiger partial charge >= 0.3 is 11.9 Å². The highest BCUT2D eigenvalue weighted by Crippen LogP contribution is 2.51. The van der Waals surface area contributed by atoms with Gasteiger partial charge in [0.1, 0.15) is 0 Å². The average Bonchev–Trinajstić information content (AvgIpc) is 3.56. The Hall–Kier alpha value is -2.75. The maximum absolute atomic E-state index is 11.8. The monoisotopic (exact) mass is 460 g/mol. The second-order valence-corrected chi connectivity index (χ2v) is 8.62. The van der Waals surface area contributed by atoms with Crippen LogP contribution in [0.5, 0.6) is 0 Å². The maximum atomic E-state index is 11.8. The molecule has 178 valence electrons. The second-order valence-electron chi connectivity index (χ2n) is 8.62. The number of Topliss-reactive ketones (excluding diaryl/α,β-unsaturated/α-hetero) is 2. The molecule has 6 rings (SSSR count). The highest BCUT2D eigenvalue weighted by atomic mass is 16.8. The first kappa shape index (κ1) is 23.4. The lowest BCUT2D eigenvalue weighted by Crippen LogP contribution is -2.44. The predicted octanol–water partition coefficient (Wildman–Crippen LogP) is 1.93. The van der Waals surface area contributed by atoms with Crippen LogP contribution < -0.4 is 0 Å². The first-order valence-corrected chi connectivity index (χ1v) is 10.6. The van der Waals surface area contributed by atoms with Gasteiger partial charge in [0, 0.05) is 23.0 Å². The van der Waals surface area contributed by atoms with Crippen molar-refractivity contribution in [3.05, 3.63) is 47.0 Å². The molecule has 2 fully saturated rings. The number of ether oxygens (including phenoxy) is 5. The Morgan fingerprint density at radius 1 is 1.06 bits per heavy atom. The summed E-state index contributed by atoms with van der Waals surface area (Å²) in [5, 5.41) is 10.1. The normalized spacial score (nSPS) is 36.2. The molecule has 9 nitrogen and oxygen atoms in total. The Bertz CT molecular complexity index is 1000. The molecular formula is C24H28O9. The number of esters is 1. The van der Waals surface area contributed by atoms with Crippen LogP contribution >= 0.6 is 0 Å². The van der Waals surface area contributed by atoms with E-state index in [2.05, 4.69) is 10.8 Å². The number of rotatable bonds is 3. The van der Waals surface area contributed by atoms with Crippen LogP contribution in [0.15, 0.2) is 47.0 Å². The Morgan fingerprint density at radius 2 is 1.79 bits per heavy atom. The molecule has 4 aliphatic heterocycles. The van der Waals surface area contributed by atoms with E-state index in [9.17, 15) is 19.5 Å². The van der Waals surface area contributed by atoms with Crippen LogP contribution in [0, 0.1) is 23.7 Å². The summed E-state index contributed by atoms with van der Waals surface area (Å²) in [4.78, 5) is 34.5. The second kappa shape index (κ2) is 8.55. The summed E-state index contributed by atoms with van der Waals surface area (Å²) in [6.45, 7) is 2.48. The Morgan fingerprint density at radius 3 is 2.52 bits per heavy atom. The van der Waals surface area contributed by atoms with E-state index < -0.39 is 17.7 Å². The lowest BCUT2D eigenvalue weighted by molar-refractivity contribution is -0.345. The van der Waals surface area contributed by atoms with Gasteiger partial charge in [0.25, 0.3) is 5.78 Å². The number of carbonyl (C=O) groups excluding carboxylic acids is 3. The van der Waals surface area contributed by atoms with Crippen LogP contribution in [0.25, 0.3) is 0 Å². The van der Waals surface area contributed by atoms with Crippen molar-refractivity contribution in [1.82, 2.24) is 0 Å². The van der Waals surface area contributed by atoms with E-state index in [1.54, 1.807) is 0 Å². The van der Waals surface area contributed by atoms with Crippen LogP contribution in [0.2, 0.25) is 0 Å². The summed E-state index contributed by atoms with van der Waals surface area (Å²) in [5.41, 5.74) is 3.27. The van der Waals surface area contributed by atoms with Gasteiger partial charge in [-0.15, -0.1) is 0 Å². The quantitative estimate of drug-likeness (QED) is 0.383. The molecule has 0 spiro atoms. The van der Waals surface area contributed by atoms with Crippen LogP contribution in [0.4, 0.5) is 0 Å². The minimum atomic E-state index is -1.54. The third-order valence-corrected chi connectivity index (χ3v) is 7.00. The summed E-state index contributed by atoms with van der Waals surface area (Å²) in [7, 11) is 1.20. The zero-order valence-corrected chi connectivity index (χ0v) is 17.7. The standard InChI is InChI=1S/C12H12O5.C11H12O4.CH4/c1-15-11(14)10(13)8-5-17-12-9-6(4-16-12)2-3-7(8)9;1-6(12)9-5-15-11(13)10-7(4-14-11)2-3-8(9)10;/h2,5,7,9,12H,3-4H2,1H3;2,5,8,10,13H,3-4H2,1H3;1H4/t7-,9-,12-;8-,10-,11-;/m11./s1. The van der Waals surface area contributed by atoms with Gasteiger partial charge in [0.05, 0.1) is 44.7 Å². The Balaban J connectivity index is 0.000000153. The fourth-order valence-electron chi connectivity index (χ4n) is 5.43. The fraction of sp³-hybridized carbons (Fsp3) is 0.542. The molecule has 0 radical (unpaired) electrons. The van der Waals surface area contributed by atoms with Crippen molar-refractivity contribution in [3.8, 4) is 0 Å². The molecule has 0 amide bonds. The number of hydrogen-bond acceptors (Lipinski definition) is 9. The molecule has 0 saturated carbocycles. The van der Waals surface area contributed by atoms with Gasteiger partial charge in [-0.25, -0.2) is 4.79 Å². The summed E-state index contributed by atoms with van der Waals surface area (Å²) >= 11 is 0. The molecule has 1 N–H and O–H groups in total. The third kappa shape index (κ3) is 3.64. The highest BCUT2D eigenvalue weighted by Gasteiger charge is 2.57. The van der Waals surface area contributed by atoms with E-state index in [1.807, 2.05) is 6.08 Å². The topological polar surface area (TPSA) is 118 Å². The lowest BCUT2D eigenvalue weighted by atomic mass is 9.82. The number of ketones is 2. The lowest BCUT2D eigenvalue weighted by Gasteiger charge is -2.35. The van der Waals surface area contributed by atoms with Crippen LogP contribution in [0.1, 0.15) is 27.2 Å².